The molecule has 1 heterocycles. The molecule has 3 rings (SSSR count). The normalized spacial score (nSPS) is 11.3. The third kappa shape index (κ3) is 3.47. The number of rotatable bonds is 4. The van der Waals surface area contributed by atoms with Crippen LogP contribution in [0.5, 0.6) is 0 Å². The van der Waals surface area contributed by atoms with Gasteiger partial charge in [-0.15, -0.1) is 11.3 Å². The summed E-state index contributed by atoms with van der Waals surface area (Å²) in [5, 5.41) is 2.21. The van der Waals surface area contributed by atoms with Gasteiger partial charge in [0.2, 0.25) is 0 Å². The number of halogens is 1. The highest BCUT2D eigenvalue weighted by atomic mass is 35.5. The van der Waals surface area contributed by atoms with Crippen molar-refractivity contribution < 1.29 is 8.42 Å². The second kappa shape index (κ2) is 6.19. The van der Waals surface area contributed by atoms with E-state index in [1.54, 1.807) is 29.6 Å². The highest BCUT2D eigenvalue weighted by Gasteiger charge is 2.19. The van der Waals surface area contributed by atoms with E-state index in [1.165, 1.54) is 23.5 Å². The van der Waals surface area contributed by atoms with Gasteiger partial charge in [0.25, 0.3) is 10.0 Å². The van der Waals surface area contributed by atoms with Gasteiger partial charge in [-0.2, -0.15) is 0 Å². The lowest BCUT2D eigenvalue weighted by atomic mass is 10.2. The maximum absolute atomic E-state index is 12.4. The van der Waals surface area contributed by atoms with Gasteiger partial charge in [0.1, 0.15) is 4.90 Å². The summed E-state index contributed by atoms with van der Waals surface area (Å²) in [4.78, 5) is 4.31. The van der Waals surface area contributed by atoms with Gasteiger partial charge in [-0.05, 0) is 24.3 Å². The van der Waals surface area contributed by atoms with Gasteiger partial charge >= 0.3 is 0 Å². The summed E-state index contributed by atoms with van der Waals surface area (Å²) in [6.07, 6.45) is 0. The summed E-state index contributed by atoms with van der Waals surface area (Å²) in [7, 11) is -3.77. The molecule has 0 saturated carbocycles. The summed E-state index contributed by atoms with van der Waals surface area (Å²) in [6, 6.07) is 13.4. The van der Waals surface area contributed by atoms with Gasteiger partial charge in [0.15, 0.2) is 5.13 Å². The zero-order chi connectivity index (χ0) is 16.4. The van der Waals surface area contributed by atoms with Crippen LogP contribution in [-0.2, 0) is 10.0 Å². The average molecular weight is 366 g/mol. The standard InChI is InChI=1S/C15H12ClN3O2S2/c16-12-3-1-2-4-14(12)23(20,21)19-15-18-13(9-22-15)10-5-7-11(17)8-6-10/h1-9H,17H2,(H,18,19). The maximum Gasteiger partial charge on any atom is 0.265 e. The van der Waals surface area contributed by atoms with E-state index in [2.05, 4.69) is 9.71 Å². The Morgan fingerprint density at radius 3 is 2.48 bits per heavy atom. The molecular weight excluding hydrogens is 354 g/mol. The van der Waals surface area contributed by atoms with Crippen molar-refractivity contribution in [2.45, 2.75) is 4.90 Å². The van der Waals surface area contributed by atoms with Crippen LogP contribution in [0, 0.1) is 0 Å². The number of hydrogen-bond acceptors (Lipinski definition) is 5. The molecule has 5 nitrogen and oxygen atoms in total. The number of sulfonamides is 1. The molecule has 23 heavy (non-hydrogen) atoms. The third-order valence-electron chi connectivity index (χ3n) is 3.06. The second-order valence-electron chi connectivity index (χ2n) is 4.70. The Kier molecular flexibility index (Phi) is 4.25. The Morgan fingerprint density at radius 1 is 1.09 bits per heavy atom. The predicted octanol–water partition coefficient (Wildman–Crippen LogP) is 3.85. The first-order valence-corrected chi connectivity index (χ1v) is 9.28. The van der Waals surface area contributed by atoms with Crippen molar-refractivity contribution in [3.63, 3.8) is 0 Å². The lowest BCUT2D eigenvalue weighted by Gasteiger charge is -2.06. The molecule has 1 aromatic heterocycles. The molecule has 0 radical (unpaired) electrons. The quantitative estimate of drug-likeness (QED) is 0.688. The molecule has 0 unspecified atom stereocenters. The Balaban J connectivity index is 1.87. The molecular formula is C15H12ClN3O2S2. The molecule has 0 bridgehead atoms. The topological polar surface area (TPSA) is 85.1 Å². The van der Waals surface area contributed by atoms with Crippen molar-refractivity contribution in [2.75, 3.05) is 10.5 Å². The van der Waals surface area contributed by atoms with Crippen LogP contribution < -0.4 is 10.5 Å². The summed E-state index contributed by atoms with van der Waals surface area (Å²) < 4.78 is 27.2. The number of benzene rings is 2. The van der Waals surface area contributed by atoms with Crippen LogP contribution >= 0.6 is 22.9 Å². The number of nitrogens with two attached hydrogens (primary N) is 1. The van der Waals surface area contributed by atoms with Crippen molar-refractivity contribution in [1.29, 1.82) is 0 Å². The molecule has 0 amide bonds. The first-order chi connectivity index (χ1) is 11.0. The van der Waals surface area contributed by atoms with Crippen LogP contribution in [0.15, 0.2) is 58.8 Å². The first-order valence-electron chi connectivity index (χ1n) is 6.54. The Labute approximate surface area is 142 Å². The fraction of sp³-hybridized carbons (Fsp3) is 0. The van der Waals surface area contributed by atoms with Crippen molar-refractivity contribution in [3.8, 4) is 11.3 Å². The third-order valence-corrected chi connectivity index (χ3v) is 5.78. The van der Waals surface area contributed by atoms with Crippen molar-refractivity contribution in [3.05, 3.63) is 58.9 Å². The monoisotopic (exact) mass is 365 g/mol. The van der Waals surface area contributed by atoms with E-state index < -0.39 is 10.0 Å². The molecule has 0 fully saturated rings. The summed E-state index contributed by atoms with van der Waals surface area (Å²) in [6.45, 7) is 0. The van der Waals surface area contributed by atoms with Crippen molar-refractivity contribution in [2.24, 2.45) is 0 Å². The van der Waals surface area contributed by atoms with E-state index >= 15 is 0 Å². The van der Waals surface area contributed by atoms with E-state index in [4.69, 9.17) is 17.3 Å². The molecule has 118 valence electrons. The minimum atomic E-state index is -3.77. The van der Waals surface area contributed by atoms with Gasteiger partial charge in [-0.25, -0.2) is 13.4 Å². The molecule has 0 saturated heterocycles. The predicted molar refractivity (Wildman–Crippen MR) is 94.2 cm³/mol. The largest absolute Gasteiger partial charge is 0.399 e. The van der Waals surface area contributed by atoms with Crippen LogP contribution in [0.2, 0.25) is 5.02 Å². The number of hydrogen-bond donors (Lipinski definition) is 2. The van der Waals surface area contributed by atoms with Gasteiger partial charge < -0.3 is 5.73 Å². The Hall–Kier alpha value is -2.09. The number of aromatic nitrogens is 1. The van der Waals surface area contributed by atoms with Crippen LogP contribution in [0.3, 0.4) is 0 Å². The minimum Gasteiger partial charge on any atom is -0.399 e. The fourth-order valence-electron chi connectivity index (χ4n) is 1.94. The van der Waals surface area contributed by atoms with Crippen molar-refractivity contribution >= 4 is 43.8 Å². The zero-order valence-electron chi connectivity index (χ0n) is 11.7. The molecule has 8 heteroatoms. The average Bonchev–Trinajstić information content (AvgIpc) is 2.96. The van der Waals surface area contributed by atoms with Crippen molar-refractivity contribution in [1.82, 2.24) is 4.98 Å². The molecule has 3 aromatic rings. The van der Waals surface area contributed by atoms with Gasteiger partial charge in [0, 0.05) is 16.6 Å². The number of thiazole rings is 1. The lowest BCUT2D eigenvalue weighted by molar-refractivity contribution is 0.601. The summed E-state index contributed by atoms with van der Waals surface area (Å²) in [5.74, 6) is 0. The number of nitrogens with zero attached hydrogens (tertiary/aromatic N) is 1. The Morgan fingerprint density at radius 2 is 1.78 bits per heavy atom. The molecule has 0 aliphatic rings. The molecule has 0 spiro atoms. The fourth-order valence-corrected chi connectivity index (χ4v) is 4.43. The smallest absolute Gasteiger partial charge is 0.265 e. The van der Waals surface area contributed by atoms with Gasteiger partial charge in [-0.3, -0.25) is 4.72 Å². The molecule has 0 atom stereocenters. The van der Waals surface area contributed by atoms with Gasteiger partial charge in [-0.1, -0.05) is 35.9 Å². The molecule has 3 N–H and O–H groups in total. The number of nitrogens with one attached hydrogen (secondary N) is 1. The van der Waals surface area contributed by atoms with E-state index in [1.807, 2.05) is 12.1 Å². The van der Waals surface area contributed by atoms with Crippen LogP contribution in [0.4, 0.5) is 10.8 Å². The van der Waals surface area contributed by atoms with E-state index in [-0.39, 0.29) is 15.0 Å². The summed E-state index contributed by atoms with van der Waals surface area (Å²) in [5.41, 5.74) is 7.84. The first kappa shape index (κ1) is 15.8. The summed E-state index contributed by atoms with van der Waals surface area (Å²) >= 11 is 7.14. The highest BCUT2D eigenvalue weighted by molar-refractivity contribution is 7.93. The SMILES string of the molecule is Nc1ccc(-c2csc(NS(=O)(=O)c3ccccc3Cl)n2)cc1. The Bertz CT molecular complexity index is 937. The second-order valence-corrected chi connectivity index (χ2v) is 7.61. The van der Waals surface area contributed by atoms with E-state index in [0.717, 1.165) is 5.56 Å². The zero-order valence-corrected chi connectivity index (χ0v) is 14.1. The molecule has 0 aliphatic carbocycles. The lowest BCUT2D eigenvalue weighted by Crippen LogP contribution is -2.13. The van der Waals surface area contributed by atoms with Crippen LogP contribution in [0.1, 0.15) is 0 Å². The van der Waals surface area contributed by atoms with Gasteiger partial charge in [0.05, 0.1) is 10.7 Å². The number of anilines is 2. The van der Waals surface area contributed by atoms with Crippen LogP contribution in [0.25, 0.3) is 11.3 Å². The maximum atomic E-state index is 12.4. The minimum absolute atomic E-state index is 0.0194. The van der Waals surface area contributed by atoms with E-state index in [0.29, 0.717) is 11.4 Å². The molecule has 2 aromatic carbocycles. The number of nitrogen functional groups attached to an aromatic ring is 1. The van der Waals surface area contributed by atoms with Crippen LogP contribution in [-0.4, -0.2) is 13.4 Å². The van der Waals surface area contributed by atoms with E-state index in [9.17, 15) is 8.42 Å². The highest BCUT2D eigenvalue weighted by Crippen LogP contribution is 2.28. The molecule has 0 aliphatic heterocycles.